The molecule has 0 aromatic heterocycles. The molecule has 0 fully saturated rings. The van der Waals surface area contributed by atoms with Crippen LogP contribution in [0.15, 0.2) is 53.7 Å². The Hall–Kier alpha value is -2.01. The summed E-state index contributed by atoms with van der Waals surface area (Å²) in [7, 11) is 0. The van der Waals surface area contributed by atoms with Crippen LogP contribution in [0.4, 0.5) is 13.2 Å². The number of rotatable bonds is 4. The zero-order chi connectivity index (χ0) is 15.3. The van der Waals surface area contributed by atoms with Crippen LogP contribution in [-0.2, 0) is 17.6 Å². The van der Waals surface area contributed by atoms with Gasteiger partial charge in [0, 0.05) is 10.6 Å². The normalized spacial score (nSPS) is 11.8. The fourth-order valence-corrected chi connectivity index (χ4v) is 1.77. The van der Waals surface area contributed by atoms with Gasteiger partial charge >= 0.3 is 6.18 Å². The zero-order valence-corrected chi connectivity index (χ0v) is 11.4. The van der Waals surface area contributed by atoms with Gasteiger partial charge in [0.25, 0.3) is 0 Å². The maximum Gasteiger partial charge on any atom is 0.416 e. The summed E-state index contributed by atoms with van der Waals surface area (Å²) in [4.78, 5) is 5.01. The van der Waals surface area contributed by atoms with E-state index >= 15 is 0 Å². The Kier molecular flexibility index (Phi) is 4.85. The molecule has 0 atom stereocenters. The van der Waals surface area contributed by atoms with Crippen LogP contribution < -0.4 is 0 Å². The molecule has 109 valence electrons. The standard InChI is InChI=1S/C15H10ClF3NO/c16-14-3-1-2-12(8-14)10-21-20-9-11-4-6-13(7-5-11)15(17,18)19/h1-8H,10H2. The summed E-state index contributed by atoms with van der Waals surface area (Å²) in [5.74, 6) is 0. The summed E-state index contributed by atoms with van der Waals surface area (Å²) in [5, 5.41) is 4.17. The first-order valence-corrected chi connectivity index (χ1v) is 6.33. The first-order valence-electron chi connectivity index (χ1n) is 5.95. The lowest BCUT2D eigenvalue weighted by atomic mass is 10.1. The van der Waals surface area contributed by atoms with E-state index in [1.807, 2.05) is 6.07 Å². The van der Waals surface area contributed by atoms with Gasteiger partial charge in [0.1, 0.15) is 12.8 Å². The van der Waals surface area contributed by atoms with E-state index in [2.05, 4.69) is 11.4 Å². The molecule has 21 heavy (non-hydrogen) atoms. The van der Waals surface area contributed by atoms with Crippen molar-refractivity contribution in [2.75, 3.05) is 0 Å². The van der Waals surface area contributed by atoms with Crippen molar-refractivity contribution < 1.29 is 18.0 Å². The van der Waals surface area contributed by atoms with Crippen molar-refractivity contribution in [1.29, 1.82) is 0 Å². The topological polar surface area (TPSA) is 21.6 Å². The molecule has 0 unspecified atom stereocenters. The highest BCUT2D eigenvalue weighted by Crippen LogP contribution is 2.28. The van der Waals surface area contributed by atoms with Crippen molar-refractivity contribution in [1.82, 2.24) is 0 Å². The molecule has 0 aliphatic heterocycles. The van der Waals surface area contributed by atoms with Gasteiger partial charge in [-0.3, -0.25) is 0 Å². The molecular weight excluding hydrogens is 303 g/mol. The lowest BCUT2D eigenvalue weighted by molar-refractivity contribution is -0.137. The molecule has 0 spiro atoms. The van der Waals surface area contributed by atoms with E-state index in [1.54, 1.807) is 18.2 Å². The van der Waals surface area contributed by atoms with Crippen LogP contribution in [0, 0.1) is 0 Å². The second-order valence-corrected chi connectivity index (χ2v) is 4.62. The van der Waals surface area contributed by atoms with Crippen molar-refractivity contribution in [3.63, 3.8) is 0 Å². The molecular formula is C15H10ClF3NO. The average Bonchev–Trinajstić information content (AvgIpc) is 2.43. The summed E-state index contributed by atoms with van der Waals surface area (Å²) in [6.07, 6.45) is -1.84. The molecule has 0 bridgehead atoms. The first kappa shape index (κ1) is 15.4. The molecule has 2 aromatic carbocycles. The van der Waals surface area contributed by atoms with Crippen LogP contribution in [0.1, 0.15) is 16.7 Å². The smallest absolute Gasteiger partial charge is 0.390 e. The van der Waals surface area contributed by atoms with Crippen LogP contribution in [0.3, 0.4) is 0 Å². The molecule has 2 rings (SSSR count). The molecule has 0 aliphatic carbocycles. The second kappa shape index (κ2) is 6.63. The Morgan fingerprint density at radius 3 is 2.43 bits per heavy atom. The molecule has 0 saturated heterocycles. The molecule has 0 aliphatic rings. The predicted octanol–water partition coefficient (Wildman–Crippen LogP) is 4.79. The average molecular weight is 313 g/mol. The van der Waals surface area contributed by atoms with Crippen molar-refractivity contribution in [2.45, 2.75) is 12.8 Å². The quantitative estimate of drug-likeness (QED) is 0.588. The number of nitrogens with zero attached hydrogens (tertiary/aromatic N) is 1. The molecule has 0 N–H and O–H groups in total. The second-order valence-electron chi connectivity index (χ2n) is 4.18. The Balaban J connectivity index is 1.90. The molecule has 6 heteroatoms. The van der Waals surface area contributed by atoms with E-state index in [1.165, 1.54) is 12.1 Å². The SMILES string of the molecule is FC(F)(F)c1ccc(/[C]=N\OCc2cccc(Cl)c2)cc1. The van der Waals surface area contributed by atoms with Crippen LogP contribution in [0.2, 0.25) is 5.02 Å². The van der Waals surface area contributed by atoms with Crippen molar-refractivity contribution >= 4 is 17.8 Å². The van der Waals surface area contributed by atoms with Gasteiger partial charge in [-0.15, -0.1) is 0 Å². The lowest BCUT2D eigenvalue weighted by Gasteiger charge is -2.05. The van der Waals surface area contributed by atoms with Gasteiger partial charge in [-0.2, -0.15) is 13.2 Å². The highest BCUT2D eigenvalue weighted by atomic mass is 35.5. The summed E-state index contributed by atoms with van der Waals surface area (Å²) >= 11 is 5.81. The number of hydrogen-bond donors (Lipinski definition) is 0. The largest absolute Gasteiger partial charge is 0.416 e. The summed E-state index contributed by atoms with van der Waals surface area (Å²) in [6.45, 7) is 0.203. The molecule has 0 saturated carbocycles. The summed E-state index contributed by atoms with van der Waals surface area (Å²) in [5.41, 5.74) is 0.516. The Morgan fingerprint density at radius 1 is 1.10 bits per heavy atom. The van der Waals surface area contributed by atoms with Crippen molar-refractivity contribution in [3.8, 4) is 0 Å². The third-order valence-corrected chi connectivity index (χ3v) is 2.81. The van der Waals surface area contributed by atoms with Gasteiger partial charge < -0.3 is 4.84 Å². The van der Waals surface area contributed by atoms with E-state index in [4.69, 9.17) is 16.4 Å². The van der Waals surface area contributed by atoms with E-state index < -0.39 is 11.7 Å². The van der Waals surface area contributed by atoms with Gasteiger partial charge in [-0.05, 0) is 29.8 Å². The maximum atomic E-state index is 12.4. The van der Waals surface area contributed by atoms with E-state index in [0.717, 1.165) is 17.7 Å². The van der Waals surface area contributed by atoms with Gasteiger partial charge in [0.15, 0.2) is 0 Å². The summed E-state index contributed by atoms with van der Waals surface area (Å²) < 4.78 is 37.1. The van der Waals surface area contributed by atoms with Gasteiger partial charge in [0.2, 0.25) is 0 Å². The van der Waals surface area contributed by atoms with Crippen molar-refractivity contribution in [2.24, 2.45) is 5.16 Å². The fraction of sp³-hybridized carbons (Fsp3) is 0.133. The zero-order valence-electron chi connectivity index (χ0n) is 10.7. The lowest BCUT2D eigenvalue weighted by Crippen LogP contribution is -2.04. The Bertz CT molecular complexity index is 624. The molecule has 2 nitrogen and oxygen atoms in total. The first-order chi connectivity index (χ1) is 9.95. The van der Waals surface area contributed by atoms with Gasteiger partial charge in [-0.1, -0.05) is 41.0 Å². The van der Waals surface area contributed by atoms with Gasteiger partial charge in [0.05, 0.1) is 5.56 Å². The summed E-state index contributed by atoms with van der Waals surface area (Å²) in [6, 6.07) is 11.6. The highest BCUT2D eigenvalue weighted by Gasteiger charge is 2.29. The van der Waals surface area contributed by atoms with Gasteiger partial charge in [-0.25, -0.2) is 0 Å². The molecule has 2 aromatic rings. The van der Waals surface area contributed by atoms with E-state index in [9.17, 15) is 13.2 Å². The van der Waals surface area contributed by atoms with Crippen LogP contribution in [0.25, 0.3) is 0 Å². The predicted molar refractivity (Wildman–Crippen MR) is 74.2 cm³/mol. The van der Waals surface area contributed by atoms with Crippen LogP contribution in [0.5, 0.6) is 0 Å². The molecule has 0 heterocycles. The highest BCUT2D eigenvalue weighted by molar-refractivity contribution is 6.30. The van der Waals surface area contributed by atoms with E-state index in [-0.39, 0.29) is 6.61 Å². The maximum absolute atomic E-state index is 12.4. The number of benzene rings is 2. The monoisotopic (exact) mass is 312 g/mol. The van der Waals surface area contributed by atoms with Crippen LogP contribution >= 0.6 is 11.6 Å². The Morgan fingerprint density at radius 2 is 1.81 bits per heavy atom. The third kappa shape index (κ3) is 4.79. The minimum atomic E-state index is -4.35. The molecule has 0 amide bonds. The van der Waals surface area contributed by atoms with Crippen LogP contribution in [-0.4, -0.2) is 6.21 Å². The molecule has 1 radical (unpaired) electrons. The van der Waals surface area contributed by atoms with Crippen molar-refractivity contribution in [3.05, 3.63) is 70.2 Å². The minimum Gasteiger partial charge on any atom is -0.390 e. The number of hydrogen-bond acceptors (Lipinski definition) is 2. The minimum absolute atomic E-state index is 0.203. The third-order valence-electron chi connectivity index (χ3n) is 2.57. The number of alkyl halides is 3. The number of halogens is 4. The van der Waals surface area contributed by atoms with E-state index in [0.29, 0.717) is 10.6 Å². The fourth-order valence-electron chi connectivity index (χ4n) is 1.55. The Labute approximate surface area is 124 Å².